The zero-order valence-corrected chi connectivity index (χ0v) is 10.9. The highest BCUT2D eigenvalue weighted by molar-refractivity contribution is 5.76. The topological polar surface area (TPSA) is 86.0 Å². The van der Waals surface area contributed by atoms with Gasteiger partial charge in [-0.3, -0.25) is 4.79 Å². The monoisotopic (exact) mass is 259 g/mol. The number of pyridine rings is 1. The molecule has 1 aliphatic carbocycles. The molecular formula is C14H17N3O2. The lowest BCUT2D eigenvalue weighted by Crippen LogP contribution is -2.46. The molecule has 100 valence electrons. The lowest BCUT2D eigenvalue weighted by atomic mass is 9.71. The summed E-state index contributed by atoms with van der Waals surface area (Å²) in [6.07, 6.45) is 4.96. The van der Waals surface area contributed by atoms with Crippen LogP contribution in [0.25, 0.3) is 0 Å². The van der Waals surface area contributed by atoms with Crippen molar-refractivity contribution >= 4 is 11.8 Å². The molecule has 2 atom stereocenters. The van der Waals surface area contributed by atoms with Crippen molar-refractivity contribution in [2.24, 2.45) is 5.41 Å². The molecule has 1 saturated carbocycles. The number of carboxylic acid groups (broad SMARTS) is 1. The number of carbonyl (C=O) groups is 1. The Labute approximate surface area is 112 Å². The van der Waals surface area contributed by atoms with Crippen molar-refractivity contribution < 1.29 is 9.90 Å². The van der Waals surface area contributed by atoms with E-state index in [2.05, 4.69) is 10.3 Å². The molecule has 1 aliphatic rings. The summed E-state index contributed by atoms with van der Waals surface area (Å²) >= 11 is 0. The Hall–Kier alpha value is -2.09. The highest BCUT2D eigenvalue weighted by Gasteiger charge is 2.43. The van der Waals surface area contributed by atoms with Crippen molar-refractivity contribution in [1.29, 1.82) is 5.26 Å². The zero-order chi connectivity index (χ0) is 13.9. The molecular weight excluding hydrogens is 242 g/mol. The molecule has 1 fully saturated rings. The van der Waals surface area contributed by atoms with Gasteiger partial charge in [-0.25, -0.2) is 4.98 Å². The normalized spacial score (nSPS) is 26.4. The largest absolute Gasteiger partial charge is 0.481 e. The van der Waals surface area contributed by atoms with Crippen molar-refractivity contribution in [3.8, 4) is 6.07 Å². The molecule has 2 rings (SSSR count). The summed E-state index contributed by atoms with van der Waals surface area (Å²) in [4.78, 5) is 15.6. The minimum absolute atomic E-state index is 0.126. The van der Waals surface area contributed by atoms with Gasteiger partial charge in [0.05, 0.1) is 11.0 Å². The molecule has 0 bridgehead atoms. The number of nitrogens with one attached hydrogen (secondary N) is 1. The quantitative estimate of drug-likeness (QED) is 0.870. The van der Waals surface area contributed by atoms with E-state index in [4.69, 9.17) is 5.26 Å². The van der Waals surface area contributed by atoms with Gasteiger partial charge in [0.15, 0.2) is 0 Å². The molecule has 5 heteroatoms. The van der Waals surface area contributed by atoms with E-state index in [0.29, 0.717) is 17.8 Å². The summed E-state index contributed by atoms with van der Waals surface area (Å²) in [5.74, 6) is -0.142. The standard InChI is InChI=1S/C14H17N3O2/c1-14(13(18)19)7-3-2-4-11(14)17-12-6-5-10(8-15)9-16-12/h5-6,9,11H,2-4,7H2,1H3,(H,16,17)(H,18,19). The molecule has 0 spiro atoms. The summed E-state index contributed by atoms with van der Waals surface area (Å²) in [6, 6.07) is 5.28. The number of carboxylic acids is 1. The van der Waals surface area contributed by atoms with Gasteiger partial charge in [0.25, 0.3) is 0 Å². The summed E-state index contributed by atoms with van der Waals surface area (Å²) in [7, 11) is 0. The number of hydrogen-bond acceptors (Lipinski definition) is 4. The average molecular weight is 259 g/mol. The molecule has 0 saturated heterocycles. The highest BCUT2D eigenvalue weighted by Crippen LogP contribution is 2.37. The molecule has 2 N–H and O–H groups in total. The number of aromatic nitrogens is 1. The summed E-state index contributed by atoms with van der Waals surface area (Å²) in [5.41, 5.74) is -0.261. The zero-order valence-electron chi connectivity index (χ0n) is 10.9. The van der Waals surface area contributed by atoms with Gasteiger partial charge in [-0.2, -0.15) is 5.26 Å². The van der Waals surface area contributed by atoms with Gasteiger partial charge in [-0.15, -0.1) is 0 Å². The first kappa shape index (κ1) is 13.3. The molecule has 2 unspecified atom stereocenters. The molecule has 0 aromatic carbocycles. The minimum Gasteiger partial charge on any atom is -0.481 e. The summed E-state index contributed by atoms with van der Waals surface area (Å²) < 4.78 is 0. The average Bonchev–Trinajstić information content (AvgIpc) is 2.42. The molecule has 0 aliphatic heterocycles. The second-order valence-electron chi connectivity index (χ2n) is 5.21. The molecule has 0 radical (unpaired) electrons. The number of anilines is 1. The van der Waals surface area contributed by atoms with Gasteiger partial charge in [0.2, 0.25) is 0 Å². The minimum atomic E-state index is -0.765. The maximum Gasteiger partial charge on any atom is 0.311 e. The molecule has 1 aromatic heterocycles. The van der Waals surface area contributed by atoms with E-state index in [-0.39, 0.29) is 6.04 Å². The fourth-order valence-corrected chi connectivity index (χ4v) is 2.54. The van der Waals surface area contributed by atoms with Crippen LogP contribution >= 0.6 is 0 Å². The van der Waals surface area contributed by atoms with Crippen LogP contribution in [0.3, 0.4) is 0 Å². The van der Waals surface area contributed by atoms with E-state index < -0.39 is 11.4 Å². The van der Waals surface area contributed by atoms with E-state index in [9.17, 15) is 9.90 Å². The summed E-state index contributed by atoms with van der Waals surface area (Å²) in [5, 5.41) is 21.3. The third-order valence-electron chi connectivity index (χ3n) is 3.91. The van der Waals surface area contributed by atoms with Gasteiger partial charge < -0.3 is 10.4 Å². The van der Waals surface area contributed by atoms with Crippen LogP contribution in [0.5, 0.6) is 0 Å². The van der Waals surface area contributed by atoms with E-state index in [1.54, 1.807) is 19.1 Å². The van der Waals surface area contributed by atoms with Gasteiger partial charge in [0.1, 0.15) is 11.9 Å². The first-order valence-corrected chi connectivity index (χ1v) is 6.42. The predicted molar refractivity (Wildman–Crippen MR) is 70.6 cm³/mol. The van der Waals surface area contributed by atoms with E-state index in [0.717, 1.165) is 19.3 Å². The van der Waals surface area contributed by atoms with Crippen LogP contribution < -0.4 is 5.32 Å². The van der Waals surface area contributed by atoms with Gasteiger partial charge >= 0.3 is 5.97 Å². The predicted octanol–water partition coefficient (Wildman–Crippen LogP) is 2.40. The molecule has 0 amide bonds. The van der Waals surface area contributed by atoms with Crippen LogP contribution in [0.2, 0.25) is 0 Å². The van der Waals surface area contributed by atoms with Crippen LogP contribution in [-0.2, 0) is 4.79 Å². The molecule has 1 aromatic rings. The molecule has 1 heterocycles. The molecule has 19 heavy (non-hydrogen) atoms. The first-order chi connectivity index (χ1) is 9.06. The lowest BCUT2D eigenvalue weighted by molar-refractivity contribution is -0.150. The number of nitrogens with zero attached hydrogens (tertiary/aromatic N) is 2. The second kappa shape index (κ2) is 5.27. The van der Waals surface area contributed by atoms with Crippen molar-refractivity contribution in [2.45, 2.75) is 38.6 Å². The molecule has 5 nitrogen and oxygen atoms in total. The number of hydrogen-bond donors (Lipinski definition) is 2. The Morgan fingerprint density at radius 1 is 1.58 bits per heavy atom. The van der Waals surface area contributed by atoms with Gasteiger partial charge in [-0.1, -0.05) is 12.8 Å². The Kier molecular flexibility index (Phi) is 3.70. The Morgan fingerprint density at radius 3 is 2.95 bits per heavy atom. The fraction of sp³-hybridized carbons (Fsp3) is 0.500. The van der Waals surface area contributed by atoms with Crippen LogP contribution in [0.1, 0.15) is 38.2 Å². The third kappa shape index (κ3) is 2.68. The number of aliphatic carboxylic acids is 1. The van der Waals surface area contributed by atoms with Crippen LogP contribution in [0.15, 0.2) is 18.3 Å². The lowest BCUT2D eigenvalue weighted by Gasteiger charge is -2.38. The van der Waals surface area contributed by atoms with Crippen LogP contribution in [-0.4, -0.2) is 22.1 Å². The Balaban J connectivity index is 2.15. The third-order valence-corrected chi connectivity index (χ3v) is 3.91. The Bertz CT molecular complexity index is 506. The Morgan fingerprint density at radius 2 is 2.37 bits per heavy atom. The fourth-order valence-electron chi connectivity index (χ4n) is 2.54. The van der Waals surface area contributed by atoms with Crippen molar-refractivity contribution in [3.05, 3.63) is 23.9 Å². The van der Waals surface area contributed by atoms with E-state index in [1.807, 2.05) is 6.07 Å². The smallest absolute Gasteiger partial charge is 0.311 e. The van der Waals surface area contributed by atoms with Crippen molar-refractivity contribution in [3.63, 3.8) is 0 Å². The van der Waals surface area contributed by atoms with Crippen molar-refractivity contribution in [1.82, 2.24) is 4.98 Å². The van der Waals surface area contributed by atoms with E-state index >= 15 is 0 Å². The maximum absolute atomic E-state index is 11.5. The van der Waals surface area contributed by atoms with Crippen molar-refractivity contribution in [2.75, 3.05) is 5.32 Å². The van der Waals surface area contributed by atoms with Crippen LogP contribution in [0.4, 0.5) is 5.82 Å². The number of nitriles is 1. The SMILES string of the molecule is CC1(C(=O)O)CCCCC1Nc1ccc(C#N)cn1. The second-order valence-corrected chi connectivity index (χ2v) is 5.21. The first-order valence-electron chi connectivity index (χ1n) is 6.42. The van der Waals surface area contributed by atoms with Crippen LogP contribution in [0, 0.1) is 16.7 Å². The van der Waals surface area contributed by atoms with Gasteiger partial charge in [-0.05, 0) is 31.9 Å². The number of rotatable bonds is 3. The van der Waals surface area contributed by atoms with Gasteiger partial charge in [0, 0.05) is 12.2 Å². The maximum atomic E-state index is 11.5. The highest BCUT2D eigenvalue weighted by atomic mass is 16.4. The van der Waals surface area contributed by atoms with E-state index in [1.165, 1.54) is 6.20 Å². The summed E-state index contributed by atoms with van der Waals surface area (Å²) in [6.45, 7) is 1.79.